The smallest absolute Gasteiger partial charge is 0.261 e. The average molecular weight is 337 g/mol. The van der Waals surface area contributed by atoms with E-state index >= 15 is 0 Å². The first-order chi connectivity index (χ1) is 12.0. The van der Waals surface area contributed by atoms with E-state index in [-0.39, 0.29) is 11.5 Å². The summed E-state index contributed by atoms with van der Waals surface area (Å²) in [6, 6.07) is 12.9. The van der Waals surface area contributed by atoms with Crippen molar-refractivity contribution in [2.45, 2.75) is 6.92 Å². The number of carbonyl (C=O) groups is 2. The Labute approximate surface area is 144 Å². The van der Waals surface area contributed by atoms with Crippen LogP contribution in [0.3, 0.4) is 0 Å². The first-order valence-electron chi connectivity index (χ1n) is 7.66. The number of aromatic nitrogens is 1. The Bertz CT molecular complexity index is 967. The first kappa shape index (κ1) is 16.6. The largest absolute Gasteiger partial charge is 0.326 e. The summed E-state index contributed by atoms with van der Waals surface area (Å²) >= 11 is 0. The summed E-state index contributed by atoms with van der Waals surface area (Å²) in [6.45, 7) is 1.35. The highest BCUT2D eigenvalue weighted by molar-refractivity contribution is 6.10. The zero-order valence-corrected chi connectivity index (χ0v) is 13.8. The Balaban J connectivity index is 2.01. The molecule has 0 aliphatic rings. The summed E-state index contributed by atoms with van der Waals surface area (Å²) in [5, 5.41) is 3.34. The quantitative estimate of drug-likeness (QED) is 0.794. The molecular weight excluding hydrogens is 321 g/mol. The van der Waals surface area contributed by atoms with Crippen molar-refractivity contribution in [3.8, 4) is 0 Å². The molecule has 0 atom stereocenters. The minimum atomic E-state index is -0.649. The van der Waals surface area contributed by atoms with Crippen LogP contribution in [0.1, 0.15) is 17.3 Å². The van der Waals surface area contributed by atoms with E-state index in [2.05, 4.69) is 10.3 Å². The third kappa shape index (κ3) is 3.33. The molecule has 0 spiro atoms. The highest BCUT2D eigenvalue weighted by Crippen LogP contribution is 2.26. The predicted molar refractivity (Wildman–Crippen MR) is 95.2 cm³/mol. The zero-order chi connectivity index (χ0) is 18.0. The lowest BCUT2D eigenvalue weighted by Gasteiger charge is -2.20. The molecule has 3 rings (SSSR count). The molecule has 2 amide bonds. The van der Waals surface area contributed by atoms with Crippen LogP contribution in [0.25, 0.3) is 10.9 Å². The molecule has 126 valence electrons. The summed E-state index contributed by atoms with van der Waals surface area (Å²) in [7, 11) is 1.58. The predicted octanol–water partition coefficient (Wildman–Crippen LogP) is 3.61. The van der Waals surface area contributed by atoms with Crippen LogP contribution in [0, 0.1) is 5.82 Å². The molecule has 1 aromatic heterocycles. The molecule has 0 saturated carbocycles. The second kappa shape index (κ2) is 6.68. The molecule has 0 saturated heterocycles. The number of rotatable bonds is 3. The molecule has 1 heterocycles. The fraction of sp³-hybridized carbons (Fsp3) is 0.105. The number of anilines is 2. The van der Waals surface area contributed by atoms with Gasteiger partial charge in [0.1, 0.15) is 5.82 Å². The maximum absolute atomic E-state index is 14.2. The molecule has 0 aliphatic heterocycles. The lowest BCUT2D eigenvalue weighted by molar-refractivity contribution is -0.114. The molecule has 5 nitrogen and oxygen atoms in total. The number of nitrogens with one attached hydrogen (secondary N) is 1. The topological polar surface area (TPSA) is 62.3 Å². The third-order valence-corrected chi connectivity index (χ3v) is 3.81. The van der Waals surface area contributed by atoms with Gasteiger partial charge < -0.3 is 10.2 Å². The lowest BCUT2D eigenvalue weighted by atomic mass is 10.1. The van der Waals surface area contributed by atoms with Crippen LogP contribution in [0.4, 0.5) is 15.8 Å². The van der Waals surface area contributed by atoms with E-state index in [1.165, 1.54) is 24.0 Å². The number of amides is 2. The minimum Gasteiger partial charge on any atom is -0.326 e. The number of hydrogen-bond acceptors (Lipinski definition) is 3. The van der Waals surface area contributed by atoms with E-state index in [1.54, 1.807) is 31.4 Å². The molecule has 0 fully saturated rings. The number of halogens is 1. The number of pyridine rings is 1. The van der Waals surface area contributed by atoms with E-state index in [0.29, 0.717) is 11.4 Å². The van der Waals surface area contributed by atoms with Crippen molar-refractivity contribution < 1.29 is 14.0 Å². The van der Waals surface area contributed by atoms with Crippen LogP contribution in [-0.2, 0) is 4.79 Å². The van der Waals surface area contributed by atoms with E-state index < -0.39 is 11.7 Å². The van der Waals surface area contributed by atoms with Gasteiger partial charge in [-0.05, 0) is 42.5 Å². The van der Waals surface area contributed by atoms with Crippen LogP contribution in [0.5, 0.6) is 0 Å². The van der Waals surface area contributed by atoms with Gasteiger partial charge in [-0.1, -0.05) is 6.07 Å². The molecule has 3 aromatic rings. The standard InChI is InChI=1S/C19H16FN3O2/c1-12(24)22-13-8-9-16(20)15(11-13)19(25)23(2)18-7-3-6-17-14(18)5-4-10-21-17/h3-11H,1-2H3,(H,22,24). The van der Waals surface area contributed by atoms with Crippen molar-refractivity contribution in [2.24, 2.45) is 0 Å². The maximum atomic E-state index is 14.2. The van der Waals surface area contributed by atoms with Gasteiger partial charge in [-0.25, -0.2) is 4.39 Å². The van der Waals surface area contributed by atoms with Crippen LogP contribution in [-0.4, -0.2) is 23.8 Å². The molecule has 6 heteroatoms. The minimum absolute atomic E-state index is 0.116. The molecule has 1 N–H and O–H groups in total. The second-order valence-electron chi connectivity index (χ2n) is 5.59. The fourth-order valence-electron chi connectivity index (χ4n) is 2.64. The number of nitrogens with zero attached hydrogens (tertiary/aromatic N) is 2. The van der Waals surface area contributed by atoms with Crippen LogP contribution >= 0.6 is 0 Å². The summed E-state index contributed by atoms with van der Waals surface area (Å²) in [6.07, 6.45) is 1.67. The van der Waals surface area contributed by atoms with Crippen LogP contribution in [0.15, 0.2) is 54.7 Å². The monoisotopic (exact) mass is 337 g/mol. The van der Waals surface area contributed by atoms with Crippen molar-refractivity contribution in [3.63, 3.8) is 0 Å². The average Bonchev–Trinajstić information content (AvgIpc) is 2.61. The first-order valence-corrected chi connectivity index (χ1v) is 7.66. The highest BCUT2D eigenvalue weighted by Gasteiger charge is 2.20. The van der Waals surface area contributed by atoms with Crippen LogP contribution in [0.2, 0.25) is 0 Å². The van der Waals surface area contributed by atoms with Crippen LogP contribution < -0.4 is 10.2 Å². The van der Waals surface area contributed by atoms with E-state index in [1.807, 2.05) is 12.1 Å². The van der Waals surface area contributed by atoms with Crippen molar-refractivity contribution in [1.29, 1.82) is 0 Å². The molecule has 0 aliphatic carbocycles. The Hall–Kier alpha value is -3.28. The van der Waals surface area contributed by atoms with Gasteiger partial charge in [0.15, 0.2) is 0 Å². The van der Waals surface area contributed by atoms with Gasteiger partial charge in [0.2, 0.25) is 5.91 Å². The summed E-state index contributed by atoms with van der Waals surface area (Å²) in [5.74, 6) is -1.45. The molecule has 0 radical (unpaired) electrons. The Morgan fingerprint density at radius 2 is 1.92 bits per heavy atom. The van der Waals surface area contributed by atoms with Gasteiger partial charge in [-0.3, -0.25) is 14.6 Å². The normalized spacial score (nSPS) is 10.5. The van der Waals surface area contributed by atoms with Gasteiger partial charge in [0.25, 0.3) is 5.91 Å². The maximum Gasteiger partial charge on any atom is 0.261 e. The van der Waals surface area contributed by atoms with Crippen molar-refractivity contribution >= 4 is 34.1 Å². The Morgan fingerprint density at radius 1 is 1.12 bits per heavy atom. The van der Waals surface area contributed by atoms with Crippen molar-refractivity contribution in [1.82, 2.24) is 4.98 Å². The molecule has 0 bridgehead atoms. The second-order valence-corrected chi connectivity index (χ2v) is 5.59. The SMILES string of the molecule is CC(=O)Nc1ccc(F)c(C(=O)N(C)c2cccc3ncccc23)c1. The van der Waals surface area contributed by atoms with Gasteiger partial charge in [0.05, 0.1) is 16.8 Å². The summed E-state index contributed by atoms with van der Waals surface area (Å²) in [4.78, 5) is 29.6. The Kier molecular flexibility index (Phi) is 4.43. The third-order valence-electron chi connectivity index (χ3n) is 3.81. The van der Waals surface area contributed by atoms with E-state index in [9.17, 15) is 14.0 Å². The lowest BCUT2D eigenvalue weighted by Crippen LogP contribution is -2.27. The van der Waals surface area contributed by atoms with E-state index in [0.717, 1.165) is 17.0 Å². The van der Waals surface area contributed by atoms with Gasteiger partial charge in [-0.15, -0.1) is 0 Å². The van der Waals surface area contributed by atoms with Crippen molar-refractivity contribution in [2.75, 3.05) is 17.3 Å². The fourth-order valence-corrected chi connectivity index (χ4v) is 2.64. The van der Waals surface area contributed by atoms with E-state index in [4.69, 9.17) is 0 Å². The van der Waals surface area contributed by atoms with Gasteiger partial charge in [0, 0.05) is 31.2 Å². The molecule has 0 unspecified atom stereocenters. The number of fused-ring (bicyclic) bond motifs is 1. The highest BCUT2D eigenvalue weighted by atomic mass is 19.1. The summed E-state index contributed by atoms with van der Waals surface area (Å²) in [5.41, 5.74) is 1.62. The van der Waals surface area contributed by atoms with Crippen molar-refractivity contribution in [3.05, 3.63) is 66.1 Å². The molecule has 25 heavy (non-hydrogen) atoms. The molecule has 2 aromatic carbocycles. The van der Waals surface area contributed by atoms with Gasteiger partial charge >= 0.3 is 0 Å². The summed E-state index contributed by atoms with van der Waals surface area (Å²) < 4.78 is 14.2. The van der Waals surface area contributed by atoms with Gasteiger partial charge in [-0.2, -0.15) is 0 Å². The number of benzene rings is 2. The molecular formula is C19H16FN3O2. The number of hydrogen-bond donors (Lipinski definition) is 1. The zero-order valence-electron chi connectivity index (χ0n) is 13.8. The number of carbonyl (C=O) groups excluding carboxylic acids is 2. The Morgan fingerprint density at radius 3 is 2.68 bits per heavy atom.